The Labute approximate surface area is 330 Å². The summed E-state index contributed by atoms with van der Waals surface area (Å²) in [5, 5.41) is -0.285. The molecule has 3 heteroatoms. The maximum Gasteiger partial charge on any atom is 0.0967 e. The summed E-state index contributed by atoms with van der Waals surface area (Å²) in [4.78, 5) is 4.73. The van der Waals surface area contributed by atoms with Gasteiger partial charge in [0.2, 0.25) is 0 Å². The molecular formula is C51H64NOP. The number of unbranched alkanes of at least 4 members (excludes halogenated alkanes) is 1. The molecule has 284 valence electrons. The van der Waals surface area contributed by atoms with Crippen LogP contribution in [-0.4, -0.2) is 11.4 Å². The van der Waals surface area contributed by atoms with Gasteiger partial charge in [0.05, 0.1) is 25.4 Å². The van der Waals surface area contributed by atoms with Gasteiger partial charge in [-0.15, -0.1) is 0 Å². The van der Waals surface area contributed by atoms with Gasteiger partial charge in [0.15, 0.2) is 0 Å². The molecule has 2 aromatic carbocycles. The molecule has 0 amide bonds. The molecule has 0 N–H and O–H groups in total. The minimum Gasteiger partial charge on any atom is -0.481 e. The summed E-state index contributed by atoms with van der Waals surface area (Å²) in [6.07, 6.45) is 27.3. The van der Waals surface area contributed by atoms with Crippen LogP contribution in [0.15, 0.2) is 178 Å². The largest absolute Gasteiger partial charge is 0.481 e. The van der Waals surface area contributed by atoms with Crippen LogP contribution in [0.5, 0.6) is 0 Å². The van der Waals surface area contributed by atoms with E-state index in [0.717, 1.165) is 66.7 Å². The van der Waals surface area contributed by atoms with E-state index in [1.54, 1.807) is 0 Å². The van der Waals surface area contributed by atoms with E-state index < -0.39 is 0 Å². The van der Waals surface area contributed by atoms with Crippen molar-refractivity contribution in [2.24, 2.45) is 4.99 Å². The standard InChI is InChI=1S/C49H58NOP.C2H6/c1-11-12-31-50-41(9)48-33-39(7)47(34-49(48,10)52-51-40(8)32-35(2)3)38(6)23-20-21-36(4)29-30-42-24-16-17-26-44(42)46-28-19-18-27-45(46)43-25-15-13-14-22-37(43)5;1-2/h13-21,23-28,31-33,52H,2,6,9,11-12,22,29-30,34H2,1,3-5,7-8,10H3;1-2H3/b23-20-,36-21+,40-32-,50-31?;/t49-;/m1./s1. The van der Waals surface area contributed by atoms with E-state index in [4.69, 9.17) is 9.52 Å². The fraction of sp³-hybridized carbons (Fsp3) is 0.314. The molecule has 0 aromatic heterocycles. The Bertz CT molecular complexity index is 1950. The van der Waals surface area contributed by atoms with Crippen molar-refractivity contribution >= 4 is 20.6 Å². The van der Waals surface area contributed by atoms with Crippen LogP contribution in [0.25, 0.3) is 16.7 Å². The lowest BCUT2D eigenvalue weighted by Gasteiger charge is -2.37. The van der Waals surface area contributed by atoms with Crippen LogP contribution < -0.4 is 0 Å². The molecule has 4 rings (SSSR count). The zero-order chi connectivity index (χ0) is 39.7. The molecule has 0 aliphatic heterocycles. The Morgan fingerprint density at radius 2 is 1.63 bits per heavy atom. The molecule has 0 spiro atoms. The molecule has 0 heterocycles. The van der Waals surface area contributed by atoms with Crippen LogP contribution in [0.1, 0.15) is 106 Å². The molecule has 0 saturated heterocycles. The lowest BCUT2D eigenvalue weighted by Crippen LogP contribution is -2.27. The summed E-state index contributed by atoms with van der Waals surface area (Å²) in [6.45, 7) is 31.9. The summed E-state index contributed by atoms with van der Waals surface area (Å²) >= 11 is 0. The van der Waals surface area contributed by atoms with Crippen LogP contribution in [0.3, 0.4) is 0 Å². The highest BCUT2D eigenvalue weighted by Crippen LogP contribution is 2.51. The predicted molar refractivity (Wildman–Crippen MR) is 243 cm³/mol. The highest BCUT2D eigenvalue weighted by atomic mass is 31.1. The predicted octanol–water partition coefficient (Wildman–Crippen LogP) is 15.5. The maximum atomic E-state index is 6.33. The lowest BCUT2D eigenvalue weighted by molar-refractivity contribution is 0.466. The third-order valence-electron chi connectivity index (χ3n) is 9.60. The fourth-order valence-electron chi connectivity index (χ4n) is 6.70. The minimum absolute atomic E-state index is 0.200. The van der Waals surface area contributed by atoms with Gasteiger partial charge in [0, 0.05) is 6.21 Å². The number of nitrogens with zero attached hydrogens (tertiary/aromatic N) is 1. The van der Waals surface area contributed by atoms with Crippen molar-refractivity contribution in [1.29, 1.82) is 0 Å². The van der Waals surface area contributed by atoms with Crippen LogP contribution in [0.2, 0.25) is 0 Å². The third-order valence-corrected chi connectivity index (χ3v) is 10.9. The van der Waals surface area contributed by atoms with E-state index in [2.05, 4.69) is 151 Å². The van der Waals surface area contributed by atoms with Crippen molar-refractivity contribution in [3.63, 3.8) is 0 Å². The highest BCUT2D eigenvalue weighted by molar-refractivity contribution is 7.35. The Hall–Kier alpha value is -4.52. The van der Waals surface area contributed by atoms with Gasteiger partial charge in [-0.25, -0.2) is 0 Å². The molecular weight excluding hydrogens is 674 g/mol. The molecule has 0 saturated carbocycles. The summed E-state index contributed by atoms with van der Waals surface area (Å²) in [5.74, 6) is 0.868. The van der Waals surface area contributed by atoms with E-state index in [1.807, 2.05) is 40.0 Å². The van der Waals surface area contributed by atoms with E-state index in [1.165, 1.54) is 50.1 Å². The molecule has 2 aliphatic carbocycles. The van der Waals surface area contributed by atoms with Gasteiger partial charge in [-0.3, -0.25) is 4.99 Å². The van der Waals surface area contributed by atoms with Crippen LogP contribution >= 0.6 is 8.81 Å². The molecule has 2 aromatic rings. The first kappa shape index (κ1) is 43.9. The van der Waals surface area contributed by atoms with E-state index in [-0.39, 0.29) is 14.0 Å². The maximum absolute atomic E-state index is 6.33. The van der Waals surface area contributed by atoms with E-state index in [9.17, 15) is 0 Å². The molecule has 54 heavy (non-hydrogen) atoms. The zero-order valence-corrected chi connectivity index (χ0v) is 35.6. The number of allylic oxidation sites excluding steroid dienone is 18. The van der Waals surface area contributed by atoms with E-state index in [0.29, 0.717) is 0 Å². The first-order chi connectivity index (χ1) is 25.9. The minimum atomic E-state index is -0.285. The van der Waals surface area contributed by atoms with Crippen LogP contribution in [0, 0.1) is 0 Å². The normalized spacial score (nSPS) is 18.0. The highest BCUT2D eigenvalue weighted by Gasteiger charge is 2.37. The van der Waals surface area contributed by atoms with Crippen molar-refractivity contribution in [3.8, 4) is 11.1 Å². The van der Waals surface area contributed by atoms with Crippen molar-refractivity contribution < 1.29 is 4.52 Å². The second-order valence-corrected chi connectivity index (χ2v) is 15.9. The number of rotatable bonds is 16. The smallest absolute Gasteiger partial charge is 0.0967 e. The van der Waals surface area contributed by atoms with Gasteiger partial charge >= 0.3 is 0 Å². The second kappa shape index (κ2) is 22.0. The number of aliphatic imine (C=N–C) groups is 1. The number of aryl methyl sites for hydroxylation is 1. The molecule has 0 radical (unpaired) electrons. The van der Waals surface area contributed by atoms with Crippen molar-refractivity contribution in [2.45, 2.75) is 106 Å². The molecule has 0 fully saturated rings. The third kappa shape index (κ3) is 12.5. The lowest BCUT2D eigenvalue weighted by atomic mass is 9.80. The summed E-state index contributed by atoms with van der Waals surface area (Å²) < 4.78 is 6.33. The quantitative estimate of drug-likeness (QED) is 0.0727. The number of hydrogen-bond donors (Lipinski definition) is 0. The van der Waals surface area contributed by atoms with Gasteiger partial charge in [-0.1, -0.05) is 161 Å². The average Bonchev–Trinajstić information content (AvgIpc) is 3.38. The van der Waals surface area contributed by atoms with Gasteiger partial charge in [-0.2, -0.15) is 0 Å². The first-order valence-electron chi connectivity index (χ1n) is 19.6. The van der Waals surface area contributed by atoms with Gasteiger partial charge in [0.1, 0.15) is 0 Å². The van der Waals surface area contributed by atoms with Gasteiger partial charge < -0.3 is 4.52 Å². The SMILES string of the molecule is C=C(C)/C=C(/C)OP[C@]1(C)CC(C(=C)/C=C\C=C(/C)CCc2ccccc2-c2ccccc2C2=C(C)CC=CC=C2)=C(C)C=C1C(=C)N=CCCC.CC. The topological polar surface area (TPSA) is 21.6 Å². The molecule has 1 unspecified atom stereocenters. The van der Waals surface area contributed by atoms with Gasteiger partial charge in [-0.05, 0) is 130 Å². The Balaban J connectivity index is 0.00000385. The summed E-state index contributed by atoms with van der Waals surface area (Å²) in [7, 11) is 0.200. The molecule has 2 aliphatic rings. The fourth-order valence-corrected chi connectivity index (χ4v) is 7.72. The summed E-state index contributed by atoms with van der Waals surface area (Å²) in [6, 6.07) is 17.7. The van der Waals surface area contributed by atoms with Crippen molar-refractivity contribution in [1.82, 2.24) is 0 Å². The molecule has 0 bridgehead atoms. The first-order valence-corrected chi connectivity index (χ1v) is 20.5. The summed E-state index contributed by atoms with van der Waals surface area (Å²) in [5.41, 5.74) is 15.7. The Morgan fingerprint density at radius 3 is 2.33 bits per heavy atom. The number of hydrogen-bond acceptors (Lipinski definition) is 2. The monoisotopic (exact) mass is 737 g/mol. The van der Waals surface area contributed by atoms with E-state index >= 15 is 0 Å². The molecule has 2 atom stereocenters. The van der Waals surface area contributed by atoms with Crippen LogP contribution in [0.4, 0.5) is 0 Å². The van der Waals surface area contributed by atoms with Gasteiger partial charge in [0.25, 0.3) is 0 Å². The number of benzene rings is 2. The van der Waals surface area contributed by atoms with Crippen molar-refractivity contribution in [2.75, 3.05) is 0 Å². The Kier molecular flexibility index (Phi) is 17.9. The zero-order valence-electron chi connectivity index (χ0n) is 34.6. The Morgan fingerprint density at radius 1 is 0.944 bits per heavy atom. The van der Waals surface area contributed by atoms with Crippen LogP contribution in [-0.2, 0) is 10.9 Å². The van der Waals surface area contributed by atoms with Crippen molar-refractivity contribution in [3.05, 3.63) is 185 Å². The average molecular weight is 738 g/mol. The second-order valence-electron chi connectivity index (χ2n) is 14.4. The molecule has 2 nitrogen and oxygen atoms in total.